The summed E-state index contributed by atoms with van der Waals surface area (Å²) in [7, 11) is 1.58. The largest absolute Gasteiger partial charge is 0.367 e. The Kier molecular flexibility index (Phi) is 4.18. The summed E-state index contributed by atoms with van der Waals surface area (Å²) < 4.78 is 27.8. The van der Waals surface area contributed by atoms with Gasteiger partial charge in [-0.3, -0.25) is 4.79 Å². The predicted octanol–water partition coefficient (Wildman–Crippen LogP) is 1.80. The van der Waals surface area contributed by atoms with Crippen LogP contribution in [0.5, 0.6) is 0 Å². The summed E-state index contributed by atoms with van der Waals surface area (Å²) in [4.78, 5) is 13.1. The molecule has 2 rings (SSSR count). The quantitative estimate of drug-likeness (QED) is 0.898. The van der Waals surface area contributed by atoms with E-state index in [1.165, 1.54) is 0 Å². The number of amides is 1. The number of hydrogen-bond donors (Lipinski definition) is 1. The summed E-state index contributed by atoms with van der Waals surface area (Å²) in [5.41, 5.74) is -0.150. The Bertz CT molecular complexity index is 537. The third-order valence-corrected chi connectivity index (χ3v) is 3.57. The maximum Gasteiger partial charge on any atom is 0.222 e. The van der Waals surface area contributed by atoms with E-state index in [0.29, 0.717) is 25.9 Å². The minimum atomic E-state index is -0.736. The molecule has 1 aromatic carbocycles. The molecule has 0 unspecified atom stereocenters. The van der Waals surface area contributed by atoms with E-state index in [0.717, 1.165) is 12.1 Å². The monoisotopic (exact) mass is 279 g/mol. The Morgan fingerprint density at radius 1 is 1.35 bits per heavy atom. The van der Waals surface area contributed by atoms with Crippen LogP contribution in [0.2, 0.25) is 0 Å². The zero-order valence-corrected chi connectivity index (χ0v) is 11.1. The zero-order valence-electron chi connectivity index (χ0n) is 11.1. The molecule has 0 aliphatic carbocycles. The highest BCUT2D eigenvalue weighted by atomic mass is 19.1. The molecule has 1 aliphatic rings. The van der Waals surface area contributed by atoms with E-state index < -0.39 is 11.6 Å². The first-order valence-corrected chi connectivity index (χ1v) is 6.42. The van der Waals surface area contributed by atoms with Gasteiger partial charge in [-0.15, -0.1) is 0 Å². The lowest BCUT2D eigenvalue weighted by Gasteiger charge is -2.33. The summed E-state index contributed by atoms with van der Waals surface area (Å²) in [5, 5.41) is 11.3. The number of rotatable bonds is 2. The third-order valence-electron chi connectivity index (χ3n) is 3.57. The third kappa shape index (κ3) is 2.72. The van der Waals surface area contributed by atoms with Crippen molar-refractivity contribution in [2.45, 2.75) is 12.8 Å². The van der Waals surface area contributed by atoms with Crippen molar-refractivity contribution in [3.63, 3.8) is 0 Å². The van der Waals surface area contributed by atoms with Gasteiger partial charge in [0.15, 0.2) is 11.6 Å². The van der Waals surface area contributed by atoms with E-state index in [-0.39, 0.29) is 23.1 Å². The molecule has 1 amide bonds. The van der Waals surface area contributed by atoms with Gasteiger partial charge in [0.1, 0.15) is 5.69 Å². The van der Waals surface area contributed by atoms with Gasteiger partial charge in [-0.1, -0.05) is 0 Å². The number of carbonyl (C=O) groups is 1. The molecule has 1 fully saturated rings. The van der Waals surface area contributed by atoms with Crippen molar-refractivity contribution >= 4 is 11.6 Å². The Labute approximate surface area is 116 Å². The van der Waals surface area contributed by atoms with Crippen molar-refractivity contribution in [1.82, 2.24) is 5.32 Å². The minimum absolute atomic E-state index is 0.0366. The molecule has 0 spiro atoms. The van der Waals surface area contributed by atoms with E-state index in [1.54, 1.807) is 18.0 Å². The molecule has 4 nitrogen and oxygen atoms in total. The van der Waals surface area contributed by atoms with Crippen molar-refractivity contribution in [2.75, 3.05) is 25.0 Å². The van der Waals surface area contributed by atoms with Crippen molar-refractivity contribution < 1.29 is 13.6 Å². The highest BCUT2D eigenvalue weighted by molar-refractivity contribution is 5.78. The summed E-state index contributed by atoms with van der Waals surface area (Å²) in [5.74, 6) is -1.62. The number of benzene rings is 1. The van der Waals surface area contributed by atoms with Crippen molar-refractivity contribution in [3.8, 4) is 6.07 Å². The average molecular weight is 279 g/mol. The normalized spacial score (nSPS) is 15.8. The molecule has 0 radical (unpaired) electrons. The maximum atomic E-state index is 13.9. The Hall–Kier alpha value is -2.16. The SMILES string of the molecule is CNC(=O)C1CCN(c2c(F)cc(C#N)cc2F)CC1. The van der Waals surface area contributed by atoms with Crippen molar-refractivity contribution in [2.24, 2.45) is 5.92 Å². The van der Waals surface area contributed by atoms with Crippen LogP contribution in [0, 0.1) is 28.9 Å². The molecule has 0 atom stereocenters. The first-order valence-electron chi connectivity index (χ1n) is 6.42. The van der Waals surface area contributed by atoms with Gasteiger partial charge in [0.2, 0.25) is 5.91 Å². The lowest BCUT2D eigenvalue weighted by molar-refractivity contribution is -0.125. The Morgan fingerprint density at radius 3 is 2.35 bits per heavy atom. The van der Waals surface area contributed by atoms with Gasteiger partial charge in [-0.05, 0) is 25.0 Å². The molecule has 0 aromatic heterocycles. The summed E-state index contributed by atoms with van der Waals surface area (Å²) in [6.45, 7) is 0.829. The van der Waals surface area contributed by atoms with Gasteiger partial charge >= 0.3 is 0 Å². The number of carbonyl (C=O) groups excluding carboxylic acids is 1. The molecule has 6 heteroatoms. The van der Waals surface area contributed by atoms with Crippen molar-refractivity contribution in [3.05, 3.63) is 29.3 Å². The molecule has 1 saturated heterocycles. The highest BCUT2D eigenvalue weighted by Gasteiger charge is 2.27. The first kappa shape index (κ1) is 14.3. The van der Waals surface area contributed by atoms with Crippen LogP contribution < -0.4 is 10.2 Å². The Balaban J connectivity index is 2.15. The van der Waals surface area contributed by atoms with E-state index >= 15 is 0 Å². The molecular weight excluding hydrogens is 264 g/mol. The number of nitriles is 1. The molecule has 0 saturated carbocycles. The fourth-order valence-corrected chi connectivity index (χ4v) is 2.50. The number of nitrogens with one attached hydrogen (secondary N) is 1. The average Bonchev–Trinajstić information content (AvgIpc) is 2.46. The van der Waals surface area contributed by atoms with E-state index in [1.807, 2.05) is 0 Å². The van der Waals surface area contributed by atoms with E-state index in [9.17, 15) is 13.6 Å². The Morgan fingerprint density at radius 2 is 1.90 bits per heavy atom. The van der Waals surface area contributed by atoms with Crippen molar-refractivity contribution in [1.29, 1.82) is 5.26 Å². The predicted molar refractivity (Wildman–Crippen MR) is 70.1 cm³/mol. The van der Waals surface area contributed by atoms with Gasteiger partial charge in [0.25, 0.3) is 0 Å². The van der Waals surface area contributed by atoms with Crippen LogP contribution in [0.25, 0.3) is 0 Å². The fraction of sp³-hybridized carbons (Fsp3) is 0.429. The van der Waals surface area contributed by atoms with Crippen LogP contribution in [0.3, 0.4) is 0 Å². The maximum absolute atomic E-state index is 13.9. The number of anilines is 1. The van der Waals surface area contributed by atoms with Gasteiger partial charge in [0.05, 0.1) is 11.6 Å². The minimum Gasteiger partial charge on any atom is -0.367 e. The summed E-state index contributed by atoms with van der Waals surface area (Å²) in [6, 6.07) is 3.78. The molecule has 1 N–H and O–H groups in total. The van der Waals surface area contributed by atoms with Gasteiger partial charge < -0.3 is 10.2 Å². The second-order valence-electron chi connectivity index (χ2n) is 4.78. The number of nitrogens with zero attached hydrogens (tertiary/aromatic N) is 2. The summed E-state index contributed by atoms with van der Waals surface area (Å²) in [6.07, 6.45) is 1.11. The lowest BCUT2D eigenvalue weighted by atomic mass is 9.95. The second kappa shape index (κ2) is 5.87. The van der Waals surface area contributed by atoms with Crippen LogP contribution in [0.1, 0.15) is 18.4 Å². The molecule has 20 heavy (non-hydrogen) atoms. The van der Waals surface area contributed by atoms with E-state index in [2.05, 4.69) is 5.32 Å². The van der Waals surface area contributed by atoms with Crippen LogP contribution in [-0.4, -0.2) is 26.0 Å². The molecule has 1 heterocycles. The smallest absolute Gasteiger partial charge is 0.222 e. The van der Waals surface area contributed by atoms with Crippen LogP contribution in [-0.2, 0) is 4.79 Å². The zero-order chi connectivity index (χ0) is 14.7. The summed E-state index contributed by atoms with van der Waals surface area (Å²) >= 11 is 0. The van der Waals surface area contributed by atoms with Gasteiger partial charge in [-0.25, -0.2) is 8.78 Å². The fourth-order valence-electron chi connectivity index (χ4n) is 2.50. The number of hydrogen-bond acceptors (Lipinski definition) is 3. The molecule has 1 aromatic rings. The standard InChI is InChI=1S/C14H15F2N3O/c1-18-14(20)10-2-4-19(5-3-10)13-11(15)6-9(8-17)7-12(13)16/h6-7,10H,2-5H2,1H3,(H,18,20). The second-order valence-corrected chi connectivity index (χ2v) is 4.78. The topological polar surface area (TPSA) is 56.1 Å². The molecule has 0 bridgehead atoms. The van der Waals surface area contributed by atoms with Crippen LogP contribution in [0.15, 0.2) is 12.1 Å². The van der Waals surface area contributed by atoms with Crippen LogP contribution in [0.4, 0.5) is 14.5 Å². The highest BCUT2D eigenvalue weighted by Crippen LogP contribution is 2.29. The first-order chi connectivity index (χ1) is 9.56. The van der Waals surface area contributed by atoms with E-state index in [4.69, 9.17) is 5.26 Å². The molecular formula is C14H15F2N3O. The number of halogens is 2. The van der Waals surface area contributed by atoms with Gasteiger partial charge in [0, 0.05) is 26.1 Å². The molecule has 106 valence electrons. The number of piperidine rings is 1. The lowest BCUT2D eigenvalue weighted by Crippen LogP contribution is -2.40. The van der Waals surface area contributed by atoms with Crippen LogP contribution >= 0.6 is 0 Å². The van der Waals surface area contributed by atoms with Gasteiger partial charge in [-0.2, -0.15) is 5.26 Å². The molecule has 1 aliphatic heterocycles.